The van der Waals surface area contributed by atoms with Crippen LogP contribution in [0.2, 0.25) is 0 Å². The van der Waals surface area contributed by atoms with Gasteiger partial charge >= 0.3 is 0 Å². The minimum atomic E-state index is -5.07. The zero-order chi connectivity index (χ0) is 30.6. The molecule has 5 rings (SSSR count). The lowest BCUT2D eigenvalue weighted by Crippen LogP contribution is -2.24. The molecule has 0 aromatic heterocycles. The number of nitrogens with zero attached hydrogens (tertiary/aromatic N) is 1. The number of phenolic OH excluding ortho intramolecular Hbond substituents is 1. The first-order valence-electron chi connectivity index (χ1n) is 11.5. The van der Waals surface area contributed by atoms with Crippen molar-refractivity contribution in [1.29, 1.82) is 0 Å². The van der Waals surface area contributed by atoms with Gasteiger partial charge in [0.1, 0.15) is 26.2 Å². The Morgan fingerprint density at radius 3 is 1.76 bits per heavy atom. The summed E-state index contributed by atoms with van der Waals surface area (Å²) in [6.07, 6.45) is 1.24. The van der Waals surface area contributed by atoms with Crippen molar-refractivity contribution in [2.75, 3.05) is 6.61 Å². The number of carbonyl (C=O) groups excluding carboxylic acids is 1. The van der Waals surface area contributed by atoms with Crippen LogP contribution in [0.15, 0.2) is 80.5 Å². The lowest BCUT2D eigenvalue weighted by molar-refractivity contribution is -0.123. The van der Waals surface area contributed by atoms with Crippen molar-refractivity contribution in [3.05, 3.63) is 66.2 Å². The first-order valence-corrected chi connectivity index (χ1v) is 15.8. The average molecular weight is 635 g/mol. The number of ether oxygens (including phenoxy) is 1. The first kappa shape index (κ1) is 29.1. The second-order valence-electron chi connectivity index (χ2n) is 8.92. The Bertz CT molecular complexity index is 2230. The van der Waals surface area contributed by atoms with E-state index >= 15 is 0 Å². The van der Waals surface area contributed by atoms with E-state index in [0.717, 1.165) is 18.2 Å². The van der Waals surface area contributed by atoms with Gasteiger partial charge in [0.25, 0.3) is 36.3 Å². The molecule has 0 spiro atoms. The Hall–Kier alpha value is -4.39. The normalized spacial score (nSPS) is 12.9. The smallest absolute Gasteiger partial charge is 0.295 e. The highest BCUT2D eigenvalue weighted by molar-refractivity contribution is 7.87. The molecule has 5 aromatic rings. The van der Waals surface area contributed by atoms with E-state index in [-0.39, 0.29) is 43.8 Å². The number of hydrogen-bond donors (Lipinski definition) is 5. The molecule has 1 amide bonds. The molecule has 0 unspecified atom stereocenters. The third kappa shape index (κ3) is 5.43. The SMILES string of the molecule is O=C(COc1cc(S(=O)(=O)O)c2ccc3c(S(=O)(=O)O)cc(S(=O)(=O)O)c4ccc1c2c43)N/N=C\c1cccc(O)c1. The zero-order valence-corrected chi connectivity index (χ0v) is 23.2. The Kier molecular flexibility index (Phi) is 7.04. The molecule has 218 valence electrons. The minimum Gasteiger partial charge on any atom is -0.508 e. The van der Waals surface area contributed by atoms with E-state index in [1.54, 1.807) is 12.1 Å². The van der Waals surface area contributed by atoms with Crippen LogP contribution >= 0.6 is 0 Å². The van der Waals surface area contributed by atoms with Crippen LogP contribution in [0.1, 0.15) is 5.56 Å². The summed E-state index contributed by atoms with van der Waals surface area (Å²) in [5.41, 5.74) is 2.65. The molecular weight excluding hydrogens is 616 g/mol. The van der Waals surface area contributed by atoms with Gasteiger partial charge in [0.15, 0.2) is 6.61 Å². The van der Waals surface area contributed by atoms with E-state index in [1.165, 1.54) is 30.5 Å². The Balaban J connectivity index is 1.67. The summed E-state index contributed by atoms with van der Waals surface area (Å²) in [6, 6.07) is 12.2. The van der Waals surface area contributed by atoms with E-state index in [9.17, 15) is 48.8 Å². The van der Waals surface area contributed by atoms with Crippen molar-refractivity contribution in [2.45, 2.75) is 14.7 Å². The standard InChI is InChI=1S/C25H18N2O12S3/c28-14-3-1-2-13(8-14)11-26-27-23(29)12-39-19-9-20(40(30,31)32)16-6-7-18-22(42(36,37)38)10-21(41(33,34)35)17-5-4-15(19)24(16)25(17)18/h1-11,28H,12H2,(H,27,29)(H,30,31,32)(H,33,34,35)(H,36,37,38)/b26-11-. The molecule has 5 aromatic carbocycles. The first-order chi connectivity index (χ1) is 19.6. The lowest BCUT2D eigenvalue weighted by Gasteiger charge is -2.18. The number of hydrogen-bond acceptors (Lipinski definition) is 10. The minimum absolute atomic E-state index is 0.0234. The van der Waals surface area contributed by atoms with Crippen molar-refractivity contribution < 1.29 is 53.5 Å². The van der Waals surface area contributed by atoms with Crippen molar-refractivity contribution in [2.24, 2.45) is 5.10 Å². The molecule has 0 heterocycles. The number of amides is 1. The molecule has 0 aliphatic carbocycles. The quantitative estimate of drug-likeness (QED) is 0.0717. The molecule has 0 aliphatic rings. The number of rotatable bonds is 8. The average Bonchev–Trinajstić information content (AvgIpc) is 2.88. The largest absolute Gasteiger partial charge is 0.508 e. The molecule has 42 heavy (non-hydrogen) atoms. The Morgan fingerprint density at radius 1 is 0.738 bits per heavy atom. The van der Waals surface area contributed by atoms with E-state index in [4.69, 9.17) is 4.74 Å². The second-order valence-corrected chi connectivity index (χ2v) is 13.1. The predicted molar refractivity (Wildman–Crippen MR) is 149 cm³/mol. The third-order valence-corrected chi connectivity index (χ3v) is 8.89. The fourth-order valence-electron chi connectivity index (χ4n) is 4.59. The number of aromatic hydroxyl groups is 1. The van der Waals surface area contributed by atoms with Crippen LogP contribution in [0.3, 0.4) is 0 Å². The van der Waals surface area contributed by atoms with Gasteiger partial charge in [-0.3, -0.25) is 18.5 Å². The second kappa shape index (κ2) is 10.2. The highest BCUT2D eigenvalue weighted by Gasteiger charge is 2.28. The summed E-state index contributed by atoms with van der Waals surface area (Å²) in [5, 5.41) is 12.4. The van der Waals surface area contributed by atoms with Gasteiger partial charge in [-0.1, -0.05) is 30.3 Å². The van der Waals surface area contributed by atoms with Crippen molar-refractivity contribution in [3.63, 3.8) is 0 Å². The molecule has 0 saturated carbocycles. The van der Waals surface area contributed by atoms with Crippen LogP contribution in [-0.2, 0) is 35.1 Å². The maximum absolute atomic E-state index is 12.4. The van der Waals surface area contributed by atoms with E-state index in [2.05, 4.69) is 10.5 Å². The van der Waals surface area contributed by atoms with Crippen LogP contribution < -0.4 is 10.2 Å². The highest BCUT2D eigenvalue weighted by Crippen LogP contribution is 2.45. The Labute approximate surface area is 237 Å². The van der Waals surface area contributed by atoms with Gasteiger partial charge in [-0.15, -0.1) is 0 Å². The molecule has 0 saturated heterocycles. The fourth-order valence-corrected chi connectivity index (χ4v) is 6.79. The summed E-state index contributed by atoms with van der Waals surface area (Å²) < 4.78 is 108. The highest BCUT2D eigenvalue weighted by atomic mass is 32.2. The van der Waals surface area contributed by atoms with Crippen LogP contribution in [0.25, 0.3) is 32.3 Å². The molecule has 0 atom stereocenters. The lowest BCUT2D eigenvalue weighted by atomic mass is 9.93. The maximum Gasteiger partial charge on any atom is 0.295 e. The number of carbonyl (C=O) groups is 1. The van der Waals surface area contributed by atoms with Crippen molar-refractivity contribution in [1.82, 2.24) is 5.43 Å². The van der Waals surface area contributed by atoms with Gasteiger partial charge in [-0.25, -0.2) is 5.43 Å². The molecule has 5 N–H and O–H groups in total. The zero-order valence-electron chi connectivity index (χ0n) is 20.8. The predicted octanol–water partition coefficient (Wildman–Crippen LogP) is 2.56. The molecule has 0 radical (unpaired) electrons. The molecule has 0 aliphatic heterocycles. The third-order valence-electron chi connectivity index (χ3n) is 6.21. The molecular formula is C25H18N2O12S3. The fraction of sp³-hybridized carbons (Fsp3) is 0.0400. The molecule has 0 fully saturated rings. The number of benzene rings is 5. The van der Waals surface area contributed by atoms with Crippen LogP contribution in [0.5, 0.6) is 11.5 Å². The van der Waals surface area contributed by atoms with Gasteiger partial charge in [0, 0.05) is 38.4 Å². The van der Waals surface area contributed by atoms with Gasteiger partial charge in [0.2, 0.25) is 0 Å². The van der Waals surface area contributed by atoms with E-state index < -0.39 is 57.6 Å². The Morgan fingerprint density at radius 2 is 1.24 bits per heavy atom. The number of phenols is 1. The summed E-state index contributed by atoms with van der Waals surface area (Å²) in [7, 11) is -15.1. The molecule has 0 bridgehead atoms. The van der Waals surface area contributed by atoms with Crippen LogP contribution in [0, 0.1) is 0 Å². The van der Waals surface area contributed by atoms with Gasteiger partial charge in [-0.2, -0.15) is 30.4 Å². The monoisotopic (exact) mass is 634 g/mol. The molecule has 14 nitrogen and oxygen atoms in total. The number of nitrogens with one attached hydrogen (secondary N) is 1. The summed E-state index contributed by atoms with van der Waals surface area (Å²) in [4.78, 5) is 9.89. The van der Waals surface area contributed by atoms with Gasteiger partial charge in [0.05, 0.1) is 6.21 Å². The number of hydrazone groups is 1. The summed E-state index contributed by atoms with van der Waals surface area (Å²) in [6.45, 7) is -0.723. The van der Waals surface area contributed by atoms with Crippen LogP contribution in [-0.4, -0.2) is 62.7 Å². The van der Waals surface area contributed by atoms with E-state index in [1.807, 2.05) is 0 Å². The summed E-state index contributed by atoms with van der Waals surface area (Å²) in [5.74, 6) is -1.10. The summed E-state index contributed by atoms with van der Waals surface area (Å²) >= 11 is 0. The van der Waals surface area contributed by atoms with Gasteiger partial charge in [-0.05, 0) is 29.8 Å². The van der Waals surface area contributed by atoms with Crippen LogP contribution in [0.4, 0.5) is 0 Å². The topological polar surface area (TPSA) is 234 Å². The van der Waals surface area contributed by atoms with Crippen molar-refractivity contribution in [3.8, 4) is 11.5 Å². The van der Waals surface area contributed by atoms with E-state index in [0.29, 0.717) is 11.6 Å². The maximum atomic E-state index is 12.4. The van der Waals surface area contributed by atoms with Gasteiger partial charge < -0.3 is 9.84 Å². The van der Waals surface area contributed by atoms with Crippen molar-refractivity contribution >= 4 is 74.8 Å². The molecule has 17 heteroatoms.